The van der Waals surface area contributed by atoms with Gasteiger partial charge in [0.25, 0.3) is 0 Å². The fourth-order valence-corrected chi connectivity index (χ4v) is 0.702. The first-order valence-corrected chi connectivity index (χ1v) is 2.82. The Balaban J connectivity index is 3.06. The van der Waals surface area contributed by atoms with E-state index in [0.29, 0.717) is 11.2 Å². The van der Waals surface area contributed by atoms with Crippen LogP contribution in [0.15, 0.2) is 18.2 Å². The van der Waals surface area contributed by atoms with Gasteiger partial charge in [0, 0.05) is 6.07 Å². The van der Waals surface area contributed by atoms with Gasteiger partial charge >= 0.3 is 0 Å². The number of halogens is 1. The van der Waals surface area contributed by atoms with Crippen molar-refractivity contribution in [3.8, 4) is 5.75 Å². The fourth-order valence-electron chi connectivity index (χ4n) is 0.702. The molecule has 0 unspecified atom stereocenters. The minimum atomic E-state index is -0.378. The van der Waals surface area contributed by atoms with Crippen LogP contribution < -0.4 is 10.2 Å². The molecule has 1 nitrogen and oxygen atoms in total. The third-order valence-corrected chi connectivity index (χ3v) is 1.13. The maximum Gasteiger partial charge on any atom is 0.126 e. The lowest BCUT2D eigenvalue weighted by Crippen LogP contribution is -2.03. The minimum absolute atomic E-state index is 0.372. The molecule has 0 amide bonds. The van der Waals surface area contributed by atoms with Gasteiger partial charge in [-0.2, -0.15) is 0 Å². The van der Waals surface area contributed by atoms with Gasteiger partial charge in [-0.1, -0.05) is 5.46 Å². The Hall–Kier alpha value is -0.985. The predicted octanol–water partition coefficient (Wildman–Crippen LogP) is 0.628. The Morgan fingerprint density at radius 3 is 2.60 bits per heavy atom. The van der Waals surface area contributed by atoms with Crippen molar-refractivity contribution in [2.24, 2.45) is 0 Å². The molecule has 0 aliphatic rings. The van der Waals surface area contributed by atoms with E-state index in [4.69, 9.17) is 12.6 Å². The standard InChI is InChI=1S/C7H6BFO/c1-10-7-3-5(8)2-6(9)4-7/h2-4H,1H3. The van der Waals surface area contributed by atoms with Gasteiger partial charge in [0.05, 0.1) is 7.11 Å². The second-order valence-corrected chi connectivity index (χ2v) is 1.92. The average Bonchev–Trinajstić information content (AvgIpc) is 1.85. The van der Waals surface area contributed by atoms with Crippen LogP contribution in [0.2, 0.25) is 0 Å². The van der Waals surface area contributed by atoms with Gasteiger partial charge in [-0.15, -0.1) is 0 Å². The van der Waals surface area contributed by atoms with Crippen molar-refractivity contribution in [3.63, 3.8) is 0 Å². The maximum atomic E-state index is 12.5. The third kappa shape index (κ3) is 1.50. The minimum Gasteiger partial charge on any atom is -0.497 e. The molecule has 3 heteroatoms. The van der Waals surface area contributed by atoms with Crippen molar-refractivity contribution in [3.05, 3.63) is 24.0 Å². The highest BCUT2D eigenvalue weighted by atomic mass is 19.1. The second-order valence-electron chi connectivity index (χ2n) is 1.92. The van der Waals surface area contributed by atoms with Crippen molar-refractivity contribution < 1.29 is 9.13 Å². The van der Waals surface area contributed by atoms with Gasteiger partial charge in [0.15, 0.2) is 0 Å². The molecule has 0 bridgehead atoms. The summed E-state index contributed by atoms with van der Waals surface area (Å²) in [6.07, 6.45) is 0. The van der Waals surface area contributed by atoms with Gasteiger partial charge in [-0.25, -0.2) is 4.39 Å². The molecule has 0 fully saturated rings. The Labute approximate surface area is 60.2 Å². The van der Waals surface area contributed by atoms with Crippen molar-refractivity contribution in [2.75, 3.05) is 7.11 Å². The Morgan fingerprint density at radius 2 is 2.10 bits per heavy atom. The quantitative estimate of drug-likeness (QED) is 0.514. The zero-order chi connectivity index (χ0) is 7.56. The molecule has 2 radical (unpaired) electrons. The molecule has 0 aliphatic carbocycles. The van der Waals surface area contributed by atoms with E-state index in [2.05, 4.69) is 0 Å². The Bertz CT molecular complexity index is 217. The van der Waals surface area contributed by atoms with E-state index in [0.717, 1.165) is 0 Å². The fraction of sp³-hybridized carbons (Fsp3) is 0.143. The number of hydrogen-bond acceptors (Lipinski definition) is 1. The first-order chi connectivity index (χ1) is 4.72. The lowest BCUT2D eigenvalue weighted by molar-refractivity contribution is 0.412. The van der Waals surface area contributed by atoms with Crippen molar-refractivity contribution in [1.29, 1.82) is 0 Å². The largest absolute Gasteiger partial charge is 0.497 e. The second kappa shape index (κ2) is 2.73. The lowest BCUT2D eigenvalue weighted by Gasteiger charge is -2.00. The van der Waals surface area contributed by atoms with Crippen LogP contribution in [0.5, 0.6) is 5.75 Å². The number of rotatable bonds is 1. The molecule has 0 spiro atoms. The van der Waals surface area contributed by atoms with Crippen LogP contribution >= 0.6 is 0 Å². The molecule has 0 N–H and O–H groups in total. The Morgan fingerprint density at radius 1 is 1.40 bits per heavy atom. The third-order valence-electron chi connectivity index (χ3n) is 1.13. The molecule has 1 rings (SSSR count). The smallest absolute Gasteiger partial charge is 0.126 e. The van der Waals surface area contributed by atoms with Crippen molar-refractivity contribution in [1.82, 2.24) is 0 Å². The lowest BCUT2D eigenvalue weighted by atomic mass is 9.96. The summed E-state index contributed by atoms with van der Waals surface area (Å²) in [6, 6.07) is 4.07. The number of benzene rings is 1. The van der Waals surface area contributed by atoms with E-state index < -0.39 is 0 Å². The van der Waals surface area contributed by atoms with E-state index in [1.165, 1.54) is 19.2 Å². The zero-order valence-corrected chi connectivity index (χ0v) is 5.60. The monoisotopic (exact) mass is 136 g/mol. The van der Waals surface area contributed by atoms with Crippen LogP contribution in [0, 0.1) is 5.82 Å². The highest BCUT2D eigenvalue weighted by Crippen LogP contribution is 2.08. The molecular weight excluding hydrogens is 130 g/mol. The summed E-state index contributed by atoms with van der Waals surface area (Å²) in [6.45, 7) is 0. The van der Waals surface area contributed by atoms with Crippen LogP contribution in [0.1, 0.15) is 0 Å². The molecule has 1 aromatic carbocycles. The number of ether oxygens (including phenoxy) is 1. The maximum absolute atomic E-state index is 12.5. The van der Waals surface area contributed by atoms with Gasteiger partial charge in [0.2, 0.25) is 0 Å². The molecule has 0 atom stereocenters. The SMILES string of the molecule is [B]c1cc(F)cc(OC)c1. The van der Waals surface area contributed by atoms with Gasteiger partial charge in [0.1, 0.15) is 19.4 Å². The van der Waals surface area contributed by atoms with Crippen LogP contribution in [-0.4, -0.2) is 15.0 Å². The van der Waals surface area contributed by atoms with E-state index >= 15 is 0 Å². The summed E-state index contributed by atoms with van der Waals surface area (Å²) in [5.41, 5.74) is 0.372. The molecular formula is C7H6BFO. The van der Waals surface area contributed by atoms with Crippen molar-refractivity contribution >= 4 is 13.3 Å². The zero-order valence-electron chi connectivity index (χ0n) is 5.60. The van der Waals surface area contributed by atoms with Gasteiger partial charge < -0.3 is 4.74 Å². The predicted molar refractivity (Wildman–Crippen MR) is 38.3 cm³/mol. The number of hydrogen-bond donors (Lipinski definition) is 0. The molecule has 50 valence electrons. The van der Waals surface area contributed by atoms with Crippen LogP contribution in [0.3, 0.4) is 0 Å². The Kier molecular flexibility index (Phi) is 1.95. The summed E-state index contributed by atoms with van der Waals surface area (Å²) in [5, 5.41) is 0. The molecule has 0 heterocycles. The first kappa shape index (κ1) is 7.13. The molecule has 0 aliphatic heterocycles. The van der Waals surface area contributed by atoms with E-state index in [9.17, 15) is 4.39 Å². The summed E-state index contributed by atoms with van der Waals surface area (Å²) in [5.74, 6) is 0.0642. The summed E-state index contributed by atoms with van der Waals surface area (Å²) < 4.78 is 17.2. The van der Waals surface area contributed by atoms with E-state index in [-0.39, 0.29) is 5.82 Å². The molecule has 0 saturated heterocycles. The molecule has 0 aromatic heterocycles. The molecule has 1 aromatic rings. The number of methoxy groups -OCH3 is 1. The summed E-state index contributed by atoms with van der Waals surface area (Å²) >= 11 is 0. The summed E-state index contributed by atoms with van der Waals surface area (Å²) in [4.78, 5) is 0. The van der Waals surface area contributed by atoms with Crippen molar-refractivity contribution in [2.45, 2.75) is 0 Å². The van der Waals surface area contributed by atoms with Crippen LogP contribution in [0.25, 0.3) is 0 Å². The molecule has 10 heavy (non-hydrogen) atoms. The van der Waals surface area contributed by atoms with E-state index in [1.54, 1.807) is 6.07 Å². The molecule has 0 saturated carbocycles. The topological polar surface area (TPSA) is 9.23 Å². The van der Waals surface area contributed by atoms with Gasteiger partial charge in [-0.3, -0.25) is 0 Å². The summed E-state index contributed by atoms with van der Waals surface area (Å²) in [7, 11) is 6.78. The van der Waals surface area contributed by atoms with Gasteiger partial charge in [-0.05, 0) is 12.1 Å². The van der Waals surface area contributed by atoms with E-state index in [1.807, 2.05) is 0 Å². The van der Waals surface area contributed by atoms with Crippen LogP contribution in [0.4, 0.5) is 4.39 Å². The average molecular weight is 136 g/mol. The van der Waals surface area contributed by atoms with Crippen LogP contribution in [-0.2, 0) is 0 Å². The normalized spacial score (nSPS) is 9.40. The highest BCUT2D eigenvalue weighted by molar-refractivity contribution is 6.32. The first-order valence-electron chi connectivity index (χ1n) is 2.82. The highest BCUT2D eigenvalue weighted by Gasteiger charge is 1.94.